The van der Waals surface area contributed by atoms with Crippen LogP contribution in [-0.4, -0.2) is 6.54 Å². The van der Waals surface area contributed by atoms with Gasteiger partial charge in [-0.1, -0.05) is 26.2 Å². The Morgan fingerprint density at radius 3 is 2.43 bits per heavy atom. The van der Waals surface area contributed by atoms with Crippen LogP contribution in [0.2, 0.25) is 0 Å². The smallest absolute Gasteiger partial charge is 0.00607 e. The standard InChI is InChI=1S/C12H21NS/c1-2-3-4-5-6-11-7-8-12(14-11)9-10-13/h7-8H,2-6,9-10,13H2,1H3. The Kier molecular flexibility index (Phi) is 5.88. The molecular weight excluding hydrogens is 190 g/mol. The fourth-order valence-corrected chi connectivity index (χ4v) is 2.63. The molecule has 1 aromatic rings. The van der Waals surface area contributed by atoms with Gasteiger partial charge in [-0.15, -0.1) is 11.3 Å². The van der Waals surface area contributed by atoms with Crippen molar-refractivity contribution in [2.24, 2.45) is 5.73 Å². The maximum Gasteiger partial charge on any atom is 0.00607 e. The second-order valence-electron chi connectivity index (χ2n) is 3.72. The molecule has 0 unspecified atom stereocenters. The van der Waals surface area contributed by atoms with Gasteiger partial charge in [0.1, 0.15) is 0 Å². The SMILES string of the molecule is CCCCCCc1ccc(CCN)s1. The summed E-state index contributed by atoms with van der Waals surface area (Å²) < 4.78 is 0. The summed E-state index contributed by atoms with van der Waals surface area (Å²) in [5.41, 5.74) is 5.52. The lowest BCUT2D eigenvalue weighted by Gasteiger charge is -1.96. The van der Waals surface area contributed by atoms with E-state index >= 15 is 0 Å². The molecule has 0 fully saturated rings. The Morgan fingerprint density at radius 1 is 1.07 bits per heavy atom. The topological polar surface area (TPSA) is 26.0 Å². The second kappa shape index (κ2) is 7.02. The average Bonchev–Trinajstić information content (AvgIpc) is 2.61. The summed E-state index contributed by atoms with van der Waals surface area (Å²) >= 11 is 1.94. The fourth-order valence-electron chi connectivity index (χ4n) is 1.56. The van der Waals surface area contributed by atoms with Crippen LogP contribution in [0, 0.1) is 0 Å². The summed E-state index contributed by atoms with van der Waals surface area (Å²) in [7, 11) is 0. The van der Waals surface area contributed by atoms with Crippen molar-refractivity contribution in [3.63, 3.8) is 0 Å². The van der Waals surface area contributed by atoms with Crippen molar-refractivity contribution in [3.05, 3.63) is 21.9 Å². The van der Waals surface area contributed by atoms with E-state index in [1.807, 2.05) is 11.3 Å². The van der Waals surface area contributed by atoms with Crippen LogP contribution < -0.4 is 5.73 Å². The van der Waals surface area contributed by atoms with Crippen LogP contribution in [0.25, 0.3) is 0 Å². The van der Waals surface area contributed by atoms with Gasteiger partial charge in [0.05, 0.1) is 0 Å². The first-order valence-electron chi connectivity index (χ1n) is 5.64. The summed E-state index contributed by atoms with van der Waals surface area (Å²) in [4.78, 5) is 2.97. The molecule has 0 amide bonds. The monoisotopic (exact) mass is 211 g/mol. The Hall–Kier alpha value is -0.340. The molecule has 0 aliphatic rings. The molecule has 2 heteroatoms. The van der Waals surface area contributed by atoms with Crippen LogP contribution in [0.1, 0.15) is 42.4 Å². The number of nitrogens with two attached hydrogens (primary N) is 1. The molecule has 80 valence electrons. The van der Waals surface area contributed by atoms with Gasteiger partial charge in [-0.05, 0) is 37.9 Å². The highest BCUT2D eigenvalue weighted by atomic mass is 32.1. The number of thiophene rings is 1. The molecule has 0 aromatic carbocycles. The van der Waals surface area contributed by atoms with E-state index in [-0.39, 0.29) is 0 Å². The number of hydrogen-bond donors (Lipinski definition) is 1. The van der Waals surface area contributed by atoms with E-state index < -0.39 is 0 Å². The summed E-state index contributed by atoms with van der Waals surface area (Å²) in [5.74, 6) is 0. The molecule has 0 atom stereocenters. The molecule has 1 heterocycles. The Bertz CT molecular complexity index is 242. The molecule has 1 aromatic heterocycles. The third-order valence-corrected chi connectivity index (χ3v) is 3.59. The van der Waals surface area contributed by atoms with Crippen molar-refractivity contribution >= 4 is 11.3 Å². The van der Waals surface area contributed by atoms with Crippen molar-refractivity contribution in [2.45, 2.75) is 45.4 Å². The molecule has 0 bridgehead atoms. The van der Waals surface area contributed by atoms with Gasteiger partial charge in [-0.25, -0.2) is 0 Å². The first-order valence-corrected chi connectivity index (χ1v) is 6.46. The lowest BCUT2D eigenvalue weighted by atomic mass is 10.1. The predicted molar refractivity (Wildman–Crippen MR) is 64.9 cm³/mol. The van der Waals surface area contributed by atoms with Gasteiger partial charge >= 0.3 is 0 Å². The minimum absolute atomic E-state index is 0.774. The van der Waals surface area contributed by atoms with Crippen LogP contribution in [0.3, 0.4) is 0 Å². The van der Waals surface area contributed by atoms with Crippen LogP contribution in [-0.2, 0) is 12.8 Å². The Labute approximate surface area is 91.3 Å². The summed E-state index contributed by atoms with van der Waals surface area (Å²) in [6, 6.07) is 4.49. The molecule has 0 saturated heterocycles. The maximum atomic E-state index is 5.52. The minimum atomic E-state index is 0.774. The fraction of sp³-hybridized carbons (Fsp3) is 0.667. The zero-order valence-electron chi connectivity index (χ0n) is 9.09. The van der Waals surface area contributed by atoms with Gasteiger partial charge < -0.3 is 5.73 Å². The van der Waals surface area contributed by atoms with Gasteiger partial charge in [0.25, 0.3) is 0 Å². The number of hydrogen-bond acceptors (Lipinski definition) is 2. The van der Waals surface area contributed by atoms with Gasteiger partial charge in [-0.3, -0.25) is 0 Å². The molecular formula is C12H21NS. The highest BCUT2D eigenvalue weighted by Gasteiger charge is 1.99. The summed E-state index contributed by atoms with van der Waals surface area (Å²) in [6.07, 6.45) is 7.72. The molecule has 0 saturated carbocycles. The largest absolute Gasteiger partial charge is 0.330 e. The first kappa shape index (κ1) is 11.7. The first-order chi connectivity index (χ1) is 6.86. The van der Waals surface area contributed by atoms with Crippen LogP contribution in [0.15, 0.2) is 12.1 Å². The molecule has 1 rings (SSSR count). The molecule has 0 aliphatic carbocycles. The van der Waals surface area contributed by atoms with Crippen molar-refractivity contribution < 1.29 is 0 Å². The molecule has 2 N–H and O–H groups in total. The zero-order valence-corrected chi connectivity index (χ0v) is 9.91. The lowest BCUT2D eigenvalue weighted by Crippen LogP contribution is -2.00. The van der Waals surface area contributed by atoms with E-state index in [0.717, 1.165) is 13.0 Å². The van der Waals surface area contributed by atoms with Gasteiger partial charge in [-0.2, -0.15) is 0 Å². The third kappa shape index (κ3) is 4.25. The van der Waals surface area contributed by atoms with E-state index in [4.69, 9.17) is 5.73 Å². The quantitative estimate of drug-likeness (QED) is 0.688. The molecule has 0 spiro atoms. The molecule has 0 radical (unpaired) electrons. The van der Waals surface area contributed by atoms with Gasteiger partial charge in [0.15, 0.2) is 0 Å². The van der Waals surface area contributed by atoms with Crippen molar-refractivity contribution in [1.82, 2.24) is 0 Å². The van der Waals surface area contributed by atoms with E-state index in [0.29, 0.717) is 0 Å². The van der Waals surface area contributed by atoms with Crippen molar-refractivity contribution in [2.75, 3.05) is 6.54 Å². The minimum Gasteiger partial charge on any atom is -0.330 e. The van der Waals surface area contributed by atoms with Crippen LogP contribution in [0.5, 0.6) is 0 Å². The predicted octanol–water partition coefficient (Wildman–Crippen LogP) is 3.37. The van der Waals surface area contributed by atoms with Gasteiger partial charge in [0, 0.05) is 9.75 Å². The molecule has 1 nitrogen and oxygen atoms in total. The second-order valence-corrected chi connectivity index (χ2v) is 4.97. The van der Waals surface area contributed by atoms with Crippen molar-refractivity contribution in [3.8, 4) is 0 Å². The maximum absolute atomic E-state index is 5.52. The Balaban J connectivity index is 2.22. The van der Waals surface area contributed by atoms with E-state index in [1.54, 1.807) is 0 Å². The van der Waals surface area contributed by atoms with Gasteiger partial charge in [0.2, 0.25) is 0 Å². The van der Waals surface area contributed by atoms with Crippen LogP contribution in [0.4, 0.5) is 0 Å². The number of aryl methyl sites for hydroxylation is 1. The van der Waals surface area contributed by atoms with E-state index in [1.165, 1.54) is 41.9 Å². The average molecular weight is 211 g/mol. The number of rotatable bonds is 7. The van der Waals surface area contributed by atoms with E-state index in [9.17, 15) is 0 Å². The highest BCUT2D eigenvalue weighted by molar-refractivity contribution is 7.11. The van der Waals surface area contributed by atoms with Crippen LogP contribution >= 0.6 is 11.3 Å². The third-order valence-electron chi connectivity index (χ3n) is 2.38. The lowest BCUT2D eigenvalue weighted by molar-refractivity contribution is 0.670. The normalized spacial score (nSPS) is 10.7. The van der Waals surface area contributed by atoms with E-state index in [2.05, 4.69) is 19.1 Å². The molecule has 0 aliphatic heterocycles. The molecule has 14 heavy (non-hydrogen) atoms. The number of unbranched alkanes of at least 4 members (excludes halogenated alkanes) is 3. The summed E-state index contributed by atoms with van der Waals surface area (Å²) in [5, 5.41) is 0. The summed E-state index contributed by atoms with van der Waals surface area (Å²) in [6.45, 7) is 3.03. The highest BCUT2D eigenvalue weighted by Crippen LogP contribution is 2.19. The Morgan fingerprint density at radius 2 is 1.79 bits per heavy atom. The zero-order chi connectivity index (χ0) is 10.2. The van der Waals surface area contributed by atoms with Crippen molar-refractivity contribution in [1.29, 1.82) is 0 Å².